The van der Waals surface area contributed by atoms with Crippen LogP contribution < -0.4 is 0 Å². The molecule has 0 saturated heterocycles. The average molecular weight is 429 g/mol. The third-order valence-electron chi connectivity index (χ3n) is 11.3. The molecule has 0 heterocycles. The second-order valence-corrected chi connectivity index (χ2v) is 13.4. The van der Waals surface area contributed by atoms with E-state index >= 15 is 0 Å². The number of phenols is 2. The lowest BCUT2D eigenvalue weighted by Gasteiger charge is -2.58. The second kappa shape index (κ2) is 6.05. The summed E-state index contributed by atoms with van der Waals surface area (Å²) >= 11 is 0. The highest BCUT2D eigenvalue weighted by Crippen LogP contribution is 2.65. The summed E-state index contributed by atoms with van der Waals surface area (Å²) in [6, 6.07) is 8.86. The van der Waals surface area contributed by atoms with Crippen molar-refractivity contribution in [1.82, 2.24) is 0 Å². The van der Waals surface area contributed by atoms with Crippen LogP contribution in [0.3, 0.4) is 0 Å². The molecule has 2 aromatic carbocycles. The van der Waals surface area contributed by atoms with Gasteiger partial charge in [-0.1, -0.05) is 18.2 Å². The fourth-order valence-corrected chi connectivity index (χ4v) is 11.3. The minimum Gasteiger partial charge on any atom is -0.504 e. The van der Waals surface area contributed by atoms with Gasteiger partial charge in [-0.25, -0.2) is 0 Å². The third-order valence-corrected chi connectivity index (χ3v) is 11.3. The Labute approximate surface area is 191 Å². The molecule has 2 heteroatoms. The van der Waals surface area contributed by atoms with Gasteiger partial charge in [0.15, 0.2) is 11.5 Å². The van der Waals surface area contributed by atoms with Crippen molar-refractivity contribution in [2.24, 2.45) is 35.5 Å². The Balaban J connectivity index is 1.35. The van der Waals surface area contributed by atoms with Crippen LogP contribution in [0.5, 0.6) is 11.5 Å². The molecule has 0 atom stereocenters. The molecule has 32 heavy (non-hydrogen) atoms. The number of benzene rings is 2. The van der Waals surface area contributed by atoms with E-state index in [4.69, 9.17) is 0 Å². The number of hydrogen-bond acceptors (Lipinski definition) is 2. The summed E-state index contributed by atoms with van der Waals surface area (Å²) in [5.74, 6) is 5.51. The largest absolute Gasteiger partial charge is 0.504 e. The number of fused-ring (bicyclic) bond motifs is 1. The van der Waals surface area contributed by atoms with Gasteiger partial charge >= 0.3 is 0 Å². The van der Waals surface area contributed by atoms with Gasteiger partial charge in [0.25, 0.3) is 0 Å². The molecule has 8 fully saturated rings. The van der Waals surface area contributed by atoms with Crippen LogP contribution in [0.4, 0.5) is 0 Å². The standard InChI is InChI=1S/C30H36O2/c31-26-10-24-23(27(28(26)32)30-14-20-7-21(15-30)9-22(8-20)16-30)2-1-3-25(24)29-11-17-4-18(12-29)6-19(5-17)13-29/h1-3,10,17-22,31-32H,4-9,11-16H2. The van der Waals surface area contributed by atoms with E-state index < -0.39 is 0 Å². The molecule has 2 N–H and O–H groups in total. The van der Waals surface area contributed by atoms with E-state index in [1.54, 1.807) is 0 Å². The van der Waals surface area contributed by atoms with Crippen LogP contribution in [-0.4, -0.2) is 10.2 Å². The Hall–Kier alpha value is -1.70. The van der Waals surface area contributed by atoms with Crippen LogP contribution in [0.15, 0.2) is 24.3 Å². The van der Waals surface area contributed by atoms with Gasteiger partial charge in [-0.3, -0.25) is 0 Å². The molecule has 10 rings (SSSR count). The van der Waals surface area contributed by atoms with Crippen molar-refractivity contribution >= 4 is 10.8 Å². The topological polar surface area (TPSA) is 40.5 Å². The van der Waals surface area contributed by atoms with E-state index in [9.17, 15) is 10.2 Å². The first-order valence-corrected chi connectivity index (χ1v) is 13.5. The summed E-state index contributed by atoms with van der Waals surface area (Å²) in [5.41, 5.74) is 3.00. The van der Waals surface area contributed by atoms with Crippen LogP contribution in [-0.2, 0) is 10.8 Å². The van der Waals surface area contributed by atoms with E-state index in [1.165, 1.54) is 93.4 Å². The number of aromatic hydroxyl groups is 2. The highest BCUT2D eigenvalue weighted by molar-refractivity contribution is 5.94. The van der Waals surface area contributed by atoms with E-state index in [1.807, 2.05) is 6.07 Å². The van der Waals surface area contributed by atoms with Crippen LogP contribution in [0, 0.1) is 35.5 Å². The normalized spacial score (nSPS) is 45.8. The highest BCUT2D eigenvalue weighted by Gasteiger charge is 2.54. The molecule has 8 bridgehead atoms. The zero-order chi connectivity index (χ0) is 21.2. The highest BCUT2D eigenvalue weighted by atomic mass is 16.3. The predicted molar refractivity (Wildman–Crippen MR) is 127 cm³/mol. The van der Waals surface area contributed by atoms with Crippen molar-refractivity contribution in [3.05, 3.63) is 35.4 Å². The second-order valence-electron chi connectivity index (χ2n) is 13.4. The van der Waals surface area contributed by atoms with E-state index in [-0.39, 0.29) is 16.9 Å². The van der Waals surface area contributed by atoms with Gasteiger partial charge in [0.1, 0.15) is 0 Å². The molecular weight excluding hydrogens is 392 g/mol. The third kappa shape index (κ3) is 2.37. The van der Waals surface area contributed by atoms with Crippen LogP contribution in [0.2, 0.25) is 0 Å². The molecule has 0 aliphatic heterocycles. The quantitative estimate of drug-likeness (QED) is 0.497. The fraction of sp³-hybridized carbons (Fsp3) is 0.667. The summed E-state index contributed by atoms with van der Waals surface area (Å²) in [6.07, 6.45) is 16.2. The lowest BCUT2D eigenvalue weighted by atomic mass is 9.47. The Kier molecular flexibility index (Phi) is 3.53. The van der Waals surface area contributed by atoms with E-state index in [0.29, 0.717) is 5.41 Å². The average Bonchev–Trinajstić information content (AvgIpc) is 2.72. The molecular formula is C30H36O2. The van der Waals surface area contributed by atoms with Gasteiger partial charge in [-0.2, -0.15) is 0 Å². The van der Waals surface area contributed by atoms with Gasteiger partial charge in [0, 0.05) is 11.0 Å². The summed E-state index contributed by atoms with van der Waals surface area (Å²) in [5, 5.41) is 24.9. The Bertz CT molecular complexity index is 1060. The summed E-state index contributed by atoms with van der Waals surface area (Å²) < 4.78 is 0. The molecule has 0 spiro atoms. The van der Waals surface area contributed by atoms with E-state index in [2.05, 4.69) is 18.2 Å². The molecule has 8 saturated carbocycles. The van der Waals surface area contributed by atoms with Crippen molar-refractivity contribution in [2.45, 2.75) is 87.9 Å². The van der Waals surface area contributed by atoms with Gasteiger partial charge in [0.2, 0.25) is 0 Å². The molecule has 2 nitrogen and oxygen atoms in total. The summed E-state index contributed by atoms with van der Waals surface area (Å²) in [4.78, 5) is 0. The summed E-state index contributed by atoms with van der Waals surface area (Å²) in [6.45, 7) is 0. The first kappa shape index (κ1) is 18.7. The lowest BCUT2D eigenvalue weighted by molar-refractivity contribution is -0.00593. The fourth-order valence-electron chi connectivity index (χ4n) is 11.3. The van der Waals surface area contributed by atoms with Gasteiger partial charge in [-0.15, -0.1) is 0 Å². The first-order valence-electron chi connectivity index (χ1n) is 13.5. The number of hydrogen-bond donors (Lipinski definition) is 2. The lowest BCUT2D eigenvalue weighted by Crippen LogP contribution is -2.49. The minimum absolute atomic E-state index is 0.0793. The maximum absolute atomic E-state index is 11.3. The van der Waals surface area contributed by atoms with Crippen molar-refractivity contribution in [3.8, 4) is 11.5 Å². The molecule has 168 valence electrons. The molecule has 8 aliphatic rings. The number of phenolic OH excluding ortho intramolecular Hbond substituents is 2. The van der Waals surface area contributed by atoms with Crippen molar-refractivity contribution in [1.29, 1.82) is 0 Å². The molecule has 2 aromatic rings. The monoisotopic (exact) mass is 428 g/mol. The Morgan fingerprint density at radius 2 is 1.06 bits per heavy atom. The van der Waals surface area contributed by atoms with Crippen molar-refractivity contribution in [2.75, 3.05) is 0 Å². The van der Waals surface area contributed by atoms with Gasteiger partial charge in [-0.05, 0) is 140 Å². The maximum Gasteiger partial charge on any atom is 0.161 e. The molecule has 0 amide bonds. The maximum atomic E-state index is 11.3. The minimum atomic E-state index is 0.0793. The van der Waals surface area contributed by atoms with E-state index in [0.717, 1.165) is 41.1 Å². The smallest absolute Gasteiger partial charge is 0.161 e. The molecule has 0 aromatic heterocycles. The molecule has 0 unspecified atom stereocenters. The SMILES string of the molecule is Oc1cc2c(C34CC5CC(CC(C5)C3)C4)cccc2c(C23CC4CC(CC(C4)C2)C3)c1O. The van der Waals surface area contributed by atoms with Gasteiger partial charge in [0.05, 0.1) is 0 Å². The van der Waals surface area contributed by atoms with Crippen molar-refractivity contribution < 1.29 is 10.2 Å². The van der Waals surface area contributed by atoms with Crippen LogP contribution >= 0.6 is 0 Å². The van der Waals surface area contributed by atoms with Crippen molar-refractivity contribution in [3.63, 3.8) is 0 Å². The number of rotatable bonds is 2. The zero-order valence-corrected chi connectivity index (χ0v) is 19.2. The zero-order valence-electron chi connectivity index (χ0n) is 19.2. The summed E-state index contributed by atoms with van der Waals surface area (Å²) in [7, 11) is 0. The Morgan fingerprint density at radius 1 is 0.594 bits per heavy atom. The van der Waals surface area contributed by atoms with Crippen LogP contribution in [0.1, 0.15) is 88.2 Å². The molecule has 8 aliphatic carbocycles. The predicted octanol–water partition coefficient (Wildman–Crippen LogP) is 7.19. The molecule has 0 radical (unpaired) electrons. The van der Waals surface area contributed by atoms with Crippen LogP contribution in [0.25, 0.3) is 10.8 Å². The first-order chi connectivity index (χ1) is 15.5. The van der Waals surface area contributed by atoms with Gasteiger partial charge < -0.3 is 10.2 Å². The Morgan fingerprint density at radius 3 is 1.56 bits per heavy atom.